The van der Waals surface area contributed by atoms with Gasteiger partial charge >= 0.3 is 6.03 Å². The molecule has 1 saturated heterocycles. The number of rotatable bonds is 3. The first-order valence-electron chi connectivity index (χ1n) is 9.30. The molecule has 3 amide bonds. The van der Waals surface area contributed by atoms with E-state index in [2.05, 4.69) is 17.4 Å². The number of aromatic hydroxyl groups is 1. The van der Waals surface area contributed by atoms with Gasteiger partial charge < -0.3 is 20.2 Å². The summed E-state index contributed by atoms with van der Waals surface area (Å²) in [6.45, 7) is 2.08. The standard InChI is InChI=1S/C21H23N3O3/c25-17-8-6-16(7-9-17)20(26)23-10-12-24(13-11-23)21(27)22-19-14-18(19)15-4-2-1-3-5-15/h1-9,18-19,25H,10-14H2,(H,22,27). The van der Waals surface area contributed by atoms with E-state index in [-0.39, 0.29) is 23.7 Å². The van der Waals surface area contributed by atoms with Crippen LogP contribution >= 0.6 is 0 Å². The summed E-state index contributed by atoms with van der Waals surface area (Å²) in [6, 6.07) is 16.7. The van der Waals surface area contributed by atoms with Gasteiger partial charge in [0.15, 0.2) is 0 Å². The van der Waals surface area contributed by atoms with Crippen molar-refractivity contribution < 1.29 is 14.7 Å². The zero-order valence-electron chi connectivity index (χ0n) is 15.0. The van der Waals surface area contributed by atoms with Gasteiger partial charge in [-0.25, -0.2) is 4.79 Å². The summed E-state index contributed by atoms with van der Waals surface area (Å²) in [7, 11) is 0. The molecule has 140 valence electrons. The van der Waals surface area contributed by atoms with E-state index < -0.39 is 0 Å². The molecule has 0 aromatic heterocycles. The van der Waals surface area contributed by atoms with E-state index in [9.17, 15) is 14.7 Å². The molecule has 2 fully saturated rings. The lowest BCUT2D eigenvalue weighted by Crippen LogP contribution is -2.53. The fourth-order valence-corrected chi connectivity index (χ4v) is 3.57. The lowest BCUT2D eigenvalue weighted by molar-refractivity contribution is 0.0664. The highest BCUT2D eigenvalue weighted by Crippen LogP contribution is 2.40. The van der Waals surface area contributed by atoms with Crippen molar-refractivity contribution in [2.45, 2.75) is 18.4 Å². The van der Waals surface area contributed by atoms with Crippen LogP contribution in [-0.4, -0.2) is 59.1 Å². The quantitative estimate of drug-likeness (QED) is 0.877. The molecule has 6 heteroatoms. The van der Waals surface area contributed by atoms with E-state index in [0.717, 1.165) is 6.42 Å². The van der Waals surface area contributed by atoms with Crippen molar-refractivity contribution in [3.8, 4) is 5.75 Å². The lowest BCUT2D eigenvalue weighted by Gasteiger charge is -2.34. The molecule has 2 aliphatic rings. The third-order valence-corrected chi connectivity index (χ3v) is 5.30. The van der Waals surface area contributed by atoms with Gasteiger partial charge in [-0.05, 0) is 36.2 Å². The monoisotopic (exact) mass is 365 g/mol. The Labute approximate surface area is 158 Å². The molecule has 1 aliphatic heterocycles. The molecule has 2 aromatic rings. The predicted octanol–water partition coefficient (Wildman–Crippen LogP) is 2.42. The molecular formula is C21H23N3O3. The van der Waals surface area contributed by atoms with Gasteiger partial charge in [0, 0.05) is 43.7 Å². The first-order chi connectivity index (χ1) is 13.1. The van der Waals surface area contributed by atoms with Crippen LogP contribution in [0.25, 0.3) is 0 Å². The number of piperazine rings is 1. The van der Waals surface area contributed by atoms with Crippen LogP contribution in [0.1, 0.15) is 28.3 Å². The first kappa shape index (κ1) is 17.4. The van der Waals surface area contributed by atoms with Crippen LogP contribution in [0.2, 0.25) is 0 Å². The molecule has 0 radical (unpaired) electrons. The Hall–Kier alpha value is -3.02. The molecule has 2 aromatic carbocycles. The Morgan fingerprint density at radius 1 is 0.889 bits per heavy atom. The van der Waals surface area contributed by atoms with Crippen molar-refractivity contribution in [3.05, 3.63) is 65.7 Å². The van der Waals surface area contributed by atoms with Gasteiger partial charge in [-0.15, -0.1) is 0 Å². The highest BCUT2D eigenvalue weighted by molar-refractivity contribution is 5.94. The van der Waals surface area contributed by atoms with Crippen LogP contribution in [0.5, 0.6) is 5.75 Å². The number of carbonyl (C=O) groups is 2. The summed E-state index contributed by atoms with van der Waals surface area (Å²) in [5.74, 6) is 0.482. The second-order valence-electron chi connectivity index (χ2n) is 7.13. The van der Waals surface area contributed by atoms with Crippen molar-refractivity contribution in [1.29, 1.82) is 0 Å². The highest BCUT2D eigenvalue weighted by Gasteiger charge is 2.40. The van der Waals surface area contributed by atoms with E-state index >= 15 is 0 Å². The number of nitrogens with zero attached hydrogens (tertiary/aromatic N) is 2. The number of phenolic OH excluding ortho intramolecular Hbond substituents is 1. The summed E-state index contributed by atoms with van der Waals surface area (Å²) in [4.78, 5) is 28.5. The summed E-state index contributed by atoms with van der Waals surface area (Å²) in [5, 5.41) is 12.4. The number of hydrogen-bond donors (Lipinski definition) is 2. The maximum Gasteiger partial charge on any atom is 0.317 e. The number of phenols is 1. The molecule has 0 spiro atoms. The second kappa shape index (κ2) is 7.31. The van der Waals surface area contributed by atoms with Gasteiger partial charge in [-0.2, -0.15) is 0 Å². The lowest BCUT2D eigenvalue weighted by atomic mass is 10.1. The van der Waals surface area contributed by atoms with Crippen LogP contribution < -0.4 is 5.32 Å². The summed E-state index contributed by atoms with van der Waals surface area (Å²) in [6.07, 6.45) is 0.981. The molecule has 2 N–H and O–H groups in total. The van der Waals surface area contributed by atoms with Gasteiger partial charge in [0.25, 0.3) is 5.91 Å². The average molecular weight is 365 g/mol. The van der Waals surface area contributed by atoms with Crippen LogP contribution in [0, 0.1) is 0 Å². The fourth-order valence-electron chi connectivity index (χ4n) is 3.57. The maximum absolute atomic E-state index is 12.5. The molecule has 2 unspecified atom stereocenters. The van der Waals surface area contributed by atoms with Gasteiger partial charge in [-0.1, -0.05) is 30.3 Å². The zero-order valence-corrected chi connectivity index (χ0v) is 15.0. The number of hydrogen-bond acceptors (Lipinski definition) is 3. The Morgan fingerprint density at radius 3 is 2.19 bits per heavy atom. The van der Waals surface area contributed by atoms with E-state index in [1.54, 1.807) is 21.9 Å². The molecule has 1 saturated carbocycles. The van der Waals surface area contributed by atoms with Crippen molar-refractivity contribution >= 4 is 11.9 Å². The van der Waals surface area contributed by atoms with Crippen molar-refractivity contribution in [2.75, 3.05) is 26.2 Å². The Bertz CT molecular complexity index is 814. The van der Waals surface area contributed by atoms with Gasteiger partial charge in [-0.3, -0.25) is 4.79 Å². The number of nitrogens with one attached hydrogen (secondary N) is 1. The molecule has 27 heavy (non-hydrogen) atoms. The van der Waals surface area contributed by atoms with Crippen LogP contribution in [0.15, 0.2) is 54.6 Å². The van der Waals surface area contributed by atoms with E-state index in [0.29, 0.717) is 37.7 Å². The molecular weight excluding hydrogens is 342 g/mol. The minimum absolute atomic E-state index is 0.0461. The van der Waals surface area contributed by atoms with Gasteiger partial charge in [0.05, 0.1) is 0 Å². The Balaban J connectivity index is 1.26. The number of benzene rings is 2. The first-order valence-corrected chi connectivity index (χ1v) is 9.30. The minimum Gasteiger partial charge on any atom is -0.508 e. The zero-order chi connectivity index (χ0) is 18.8. The largest absolute Gasteiger partial charge is 0.508 e. The topological polar surface area (TPSA) is 72.9 Å². The van der Waals surface area contributed by atoms with Crippen LogP contribution in [0.3, 0.4) is 0 Å². The van der Waals surface area contributed by atoms with Gasteiger partial charge in [0.2, 0.25) is 0 Å². The van der Waals surface area contributed by atoms with Crippen LogP contribution in [0.4, 0.5) is 4.79 Å². The Morgan fingerprint density at radius 2 is 1.52 bits per heavy atom. The molecule has 1 heterocycles. The van der Waals surface area contributed by atoms with Crippen molar-refractivity contribution in [2.24, 2.45) is 0 Å². The van der Waals surface area contributed by atoms with Gasteiger partial charge in [0.1, 0.15) is 5.75 Å². The third-order valence-electron chi connectivity index (χ3n) is 5.30. The van der Waals surface area contributed by atoms with E-state index in [1.165, 1.54) is 17.7 Å². The minimum atomic E-state index is -0.0682. The smallest absolute Gasteiger partial charge is 0.317 e. The third kappa shape index (κ3) is 3.89. The molecule has 1 aliphatic carbocycles. The molecule has 6 nitrogen and oxygen atoms in total. The van der Waals surface area contributed by atoms with E-state index in [4.69, 9.17) is 0 Å². The van der Waals surface area contributed by atoms with E-state index in [1.807, 2.05) is 18.2 Å². The number of urea groups is 1. The SMILES string of the molecule is O=C(NC1CC1c1ccccc1)N1CCN(C(=O)c2ccc(O)cc2)CC1. The maximum atomic E-state index is 12.5. The summed E-state index contributed by atoms with van der Waals surface area (Å²) >= 11 is 0. The summed E-state index contributed by atoms with van der Waals surface area (Å²) in [5.41, 5.74) is 1.82. The fraction of sp³-hybridized carbons (Fsp3) is 0.333. The average Bonchev–Trinajstić information content (AvgIpc) is 3.48. The van der Waals surface area contributed by atoms with Crippen molar-refractivity contribution in [1.82, 2.24) is 15.1 Å². The van der Waals surface area contributed by atoms with Crippen LogP contribution in [-0.2, 0) is 0 Å². The molecule has 4 rings (SSSR count). The molecule has 0 bridgehead atoms. The van der Waals surface area contributed by atoms with Crippen molar-refractivity contribution in [3.63, 3.8) is 0 Å². The molecule has 2 atom stereocenters. The Kier molecular flexibility index (Phi) is 4.71. The number of amides is 3. The summed E-state index contributed by atoms with van der Waals surface area (Å²) < 4.78 is 0. The second-order valence-corrected chi connectivity index (χ2v) is 7.13. The highest BCUT2D eigenvalue weighted by atomic mass is 16.3. The predicted molar refractivity (Wildman–Crippen MR) is 102 cm³/mol. The number of carbonyl (C=O) groups excluding carboxylic acids is 2. The normalized spacial score (nSPS) is 21.6.